The molecule has 3 unspecified atom stereocenters. The van der Waals surface area contributed by atoms with Crippen LogP contribution in [0.25, 0.3) is 0 Å². The Morgan fingerprint density at radius 3 is 2.78 bits per heavy atom. The molecule has 2 rings (SSSR count). The maximum absolute atomic E-state index is 12.6. The van der Waals surface area contributed by atoms with Gasteiger partial charge in [0.1, 0.15) is 0 Å². The number of hydrogen-bond donors (Lipinski definition) is 1. The SMILES string of the molecule is CCC1(C)NC(C(C)C)N(CC2CCCO2)C1=O. The van der Waals surface area contributed by atoms with E-state index in [4.69, 9.17) is 4.74 Å². The highest BCUT2D eigenvalue weighted by Gasteiger charge is 2.48. The summed E-state index contributed by atoms with van der Waals surface area (Å²) in [4.78, 5) is 14.6. The Morgan fingerprint density at radius 2 is 2.28 bits per heavy atom. The van der Waals surface area contributed by atoms with Crippen LogP contribution in [0.4, 0.5) is 0 Å². The molecule has 0 spiro atoms. The Labute approximate surface area is 110 Å². The van der Waals surface area contributed by atoms with Crippen molar-refractivity contribution < 1.29 is 9.53 Å². The topological polar surface area (TPSA) is 41.6 Å². The van der Waals surface area contributed by atoms with Crippen LogP contribution in [-0.2, 0) is 9.53 Å². The Balaban J connectivity index is 2.11. The second-order valence-electron chi connectivity index (χ2n) is 6.11. The van der Waals surface area contributed by atoms with Crippen molar-refractivity contribution in [3.8, 4) is 0 Å². The van der Waals surface area contributed by atoms with E-state index in [0.29, 0.717) is 5.92 Å². The van der Waals surface area contributed by atoms with Crippen LogP contribution in [-0.4, -0.2) is 41.8 Å². The van der Waals surface area contributed by atoms with Crippen molar-refractivity contribution in [1.82, 2.24) is 10.2 Å². The number of carbonyl (C=O) groups excluding carboxylic acids is 1. The van der Waals surface area contributed by atoms with Crippen molar-refractivity contribution in [2.75, 3.05) is 13.2 Å². The van der Waals surface area contributed by atoms with Gasteiger partial charge < -0.3 is 9.64 Å². The summed E-state index contributed by atoms with van der Waals surface area (Å²) in [6.07, 6.45) is 3.41. The minimum atomic E-state index is -0.395. The average molecular weight is 254 g/mol. The van der Waals surface area contributed by atoms with Crippen LogP contribution in [0, 0.1) is 5.92 Å². The van der Waals surface area contributed by atoms with Gasteiger partial charge in [-0.05, 0) is 32.1 Å². The third kappa shape index (κ3) is 2.41. The summed E-state index contributed by atoms with van der Waals surface area (Å²) in [6, 6.07) is 0. The molecule has 0 radical (unpaired) electrons. The molecular formula is C14H26N2O2. The standard InChI is InChI=1S/C14H26N2O2/c1-5-14(4)13(17)16(12(15-14)10(2)3)9-11-7-6-8-18-11/h10-12,15H,5-9H2,1-4H3. The normalized spacial score (nSPS) is 36.9. The lowest BCUT2D eigenvalue weighted by Crippen LogP contribution is -2.45. The van der Waals surface area contributed by atoms with E-state index >= 15 is 0 Å². The van der Waals surface area contributed by atoms with Gasteiger partial charge in [-0.3, -0.25) is 10.1 Å². The predicted octanol–water partition coefficient (Wildman–Crippen LogP) is 1.75. The van der Waals surface area contributed by atoms with Crippen molar-refractivity contribution in [1.29, 1.82) is 0 Å². The largest absolute Gasteiger partial charge is 0.376 e. The first-order valence-corrected chi connectivity index (χ1v) is 7.18. The van der Waals surface area contributed by atoms with E-state index in [1.807, 2.05) is 11.8 Å². The molecule has 2 fully saturated rings. The second-order valence-corrected chi connectivity index (χ2v) is 6.11. The van der Waals surface area contributed by atoms with Crippen LogP contribution in [0.5, 0.6) is 0 Å². The molecule has 0 aromatic rings. The van der Waals surface area contributed by atoms with Gasteiger partial charge in [0.2, 0.25) is 5.91 Å². The molecule has 1 N–H and O–H groups in total. The molecule has 4 heteroatoms. The number of nitrogens with zero attached hydrogens (tertiary/aromatic N) is 1. The van der Waals surface area contributed by atoms with Gasteiger partial charge in [-0.2, -0.15) is 0 Å². The summed E-state index contributed by atoms with van der Waals surface area (Å²) in [5.41, 5.74) is -0.395. The van der Waals surface area contributed by atoms with E-state index in [1.165, 1.54) is 0 Å². The van der Waals surface area contributed by atoms with Crippen molar-refractivity contribution >= 4 is 5.91 Å². The highest BCUT2D eigenvalue weighted by atomic mass is 16.5. The number of carbonyl (C=O) groups is 1. The minimum Gasteiger partial charge on any atom is -0.376 e. The monoisotopic (exact) mass is 254 g/mol. The van der Waals surface area contributed by atoms with Crippen molar-refractivity contribution in [2.24, 2.45) is 5.92 Å². The lowest BCUT2D eigenvalue weighted by Gasteiger charge is -2.29. The third-order valence-corrected chi connectivity index (χ3v) is 4.30. The number of rotatable bonds is 4. The lowest BCUT2D eigenvalue weighted by molar-refractivity contribution is -0.134. The van der Waals surface area contributed by atoms with Crippen molar-refractivity contribution in [3.63, 3.8) is 0 Å². The molecule has 18 heavy (non-hydrogen) atoms. The number of amides is 1. The molecule has 0 saturated carbocycles. The van der Waals surface area contributed by atoms with Crippen molar-refractivity contribution in [3.05, 3.63) is 0 Å². The zero-order chi connectivity index (χ0) is 13.3. The third-order valence-electron chi connectivity index (χ3n) is 4.30. The zero-order valence-corrected chi connectivity index (χ0v) is 12.0. The molecule has 2 aliphatic rings. The fourth-order valence-electron chi connectivity index (χ4n) is 2.89. The molecule has 2 heterocycles. The molecule has 0 aliphatic carbocycles. The van der Waals surface area contributed by atoms with Crippen LogP contribution in [0.3, 0.4) is 0 Å². The molecule has 3 atom stereocenters. The number of hydrogen-bond acceptors (Lipinski definition) is 3. The Morgan fingerprint density at radius 1 is 1.56 bits per heavy atom. The Hall–Kier alpha value is -0.610. The van der Waals surface area contributed by atoms with Crippen LogP contribution in [0.2, 0.25) is 0 Å². The molecule has 0 aromatic heterocycles. The van der Waals surface area contributed by atoms with E-state index < -0.39 is 5.54 Å². The smallest absolute Gasteiger partial charge is 0.243 e. The highest BCUT2D eigenvalue weighted by Crippen LogP contribution is 2.28. The van der Waals surface area contributed by atoms with E-state index in [1.54, 1.807) is 0 Å². The summed E-state index contributed by atoms with van der Waals surface area (Å²) < 4.78 is 5.67. The summed E-state index contributed by atoms with van der Waals surface area (Å²) in [5.74, 6) is 0.655. The van der Waals surface area contributed by atoms with Gasteiger partial charge in [0, 0.05) is 13.2 Å². The van der Waals surface area contributed by atoms with Crippen LogP contribution >= 0.6 is 0 Å². The Bertz CT molecular complexity index is 313. The van der Waals surface area contributed by atoms with Gasteiger partial charge in [-0.25, -0.2) is 0 Å². The second kappa shape index (κ2) is 5.17. The first kappa shape index (κ1) is 13.8. The first-order chi connectivity index (χ1) is 8.48. The Kier molecular flexibility index (Phi) is 3.97. The van der Waals surface area contributed by atoms with Crippen LogP contribution in [0.1, 0.15) is 47.0 Å². The molecular weight excluding hydrogens is 228 g/mol. The quantitative estimate of drug-likeness (QED) is 0.831. The molecule has 2 saturated heterocycles. The van der Waals surface area contributed by atoms with Gasteiger partial charge in [-0.1, -0.05) is 20.8 Å². The highest BCUT2D eigenvalue weighted by molar-refractivity contribution is 5.88. The average Bonchev–Trinajstić information content (AvgIpc) is 2.92. The first-order valence-electron chi connectivity index (χ1n) is 7.18. The van der Waals surface area contributed by atoms with Crippen molar-refractivity contribution in [2.45, 2.75) is 64.8 Å². The summed E-state index contributed by atoms with van der Waals surface area (Å²) in [6.45, 7) is 9.99. The zero-order valence-electron chi connectivity index (χ0n) is 12.0. The minimum absolute atomic E-state index is 0.145. The van der Waals surface area contributed by atoms with E-state index in [2.05, 4.69) is 26.1 Å². The van der Waals surface area contributed by atoms with E-state index in [-0.39, 0.29) is 18.2 Å². The van der Waals surface area contributed by atoms with Gasteiger partial charge in [-0.15, -0.1) is 0 Å². The van der Waals surface area contributed by atoms with Crippen LogP contribution < -0.4 is 5.32 Å². The van der Waals surface area contributed by atoms with Gasteiger partial charge in [0.05, 0.1) is 17.8 Å². The predicted molar refractivity (Wildman–Crippen MR) is 71.1 cm³/mol. The lowest BCUT2D eigenvalue weighted by atomic mass is 9.99. The summed E-state index contributed by atoms with van der Waals surface area (Å²) in [7, 11) is 0. The molecule has 0 aromatic carbocycles. The summed E-state index contributed by atoms with van der Waals surface area (Å²) >= 11 is 0. The molecule has 104 valence electrons. The molecule has 2 aliphatic heterocycles. The molecule has 4 nitrogen and oxygen atoms in total. The summed E-state index contributed by atoms with van der Waals surface area (Å²) in [5, 5.41) is 3.51. The maximum atomic E-state index is 12.6. The van der Waals surface area contributed by atoms with Gasteiger partial charge in [0.15, 0.2) is 0 Å². The maximum Gasteiger partial charge on any atom is 0.243 e. The van der Waals surface area contributed by atoms with Gasteiger partial charge in [0.25, 0.3) is 0 Å². The van der Waals surface area contributed by atoms with Crippen LogP contribution in [0.15, 0.2) is 0 Å². The number of ether oxygens (including phenoxy) is 1. The number of nitrogens with one attached hydrogen (secondary N) is 1. The van der Waals surface area contributed by atoms with E-state index in [0.717, 1.165) is 32.4 Å². The molecule has 0 bridgehead atoms. The molecule has 1 amide bonds. The fourth-order valence-corrected chi connectivity index (χ4v) is 2.89. The van der Waals surface area contributed by atoms with Gasteiger partial charge >= 0.3 is 0 Å². The fraction of sp³-hybridized carbons (Fsp3) is 0.929. The van der Waals surface area contributed by atoms with E-state index in [9.17, 15) is 4.79 Å².